The molecule has 0 aromatic heterocycles. The zero-order chi connectivity index (χ0) is 10.6. The highest BCUT2D eigenvalue weighted by Crippen LogP contribution is 2.04. The average molecular weight is 203 g/mol. The van der Waals surface area contributed by atoms with Crippen LogP contribution < -0.4 is 10.9 Å². The number of hydrogen-bond acceptors (Lipinski definition) is 1. The molecule has 2 N–H and O–H groups in total. The molecular weight excluding hydrogens is 186 g/mol. The minimum Gasteiger partial charge on any atom is -0.320 e. The molecule has 0 bridgehead atoms. The van der Waals surface area contributed by atoms with Crippen LogP contribution in [0.15, 0.2) is 24.3 Å². The van der Waals surface area contributed by atoms with E-state index in [0.29, 0.717) is 6.54 Å². The highest BCUT2D eigenvalue weighted by Gasteiger charge is 2.15. The Bertz CT molecular complexity index is 366. The lowest BCUT2D eigenvalue weighted by molar-refractivity contribution is 1.30. The Labute approximate surface area is 87.3 Å². The van der Waals surface area contributed by atoms with Crippen molar-refractivity contribution in [2.75, 3.05) is 6.54 Å². The van der Waals surface area contributed by atoms with Gasteiger partial charge in [0.25, 0.3) is 0 Å². The van der Waals surface area contributed by atoms with Crippen molar-refractivity contribution in [1.82, 2.24) is 0 Å². The monoisotopic (exact) mass is 203 g/mol. The summed E-state index contributed by atoms with van der Waals surface area (Å²) in [7, 11) is -1.20. The molecule has 0 radical (unpaired) electrons. The molecule has 0 aliphatic carbocycles. The standard InChI is InChI=1S/C12H17NSi/c1-14(2,3)12-8-4-6-11(10-12)7-5-9-13/h4,6,8,10H,9,13H2,1-3H3. The van der Waals surface area contributed by atoms with Gasteiger partial charge in [-0.15, -0.1) is 0 Å². The first kappa shape index (κ1) is 11.0. The maximum atomic E-state index is 5.34. The molecule has 0 unspecified atom stereocenters. The molecule has 0 amide bonds. The van der Waals surface area contributed by atoms with Crippen LogP contribution in [0.25, 0.3) is 0 Å². The van der Waals surface area contributed by atoms with Gasteiger partial charge in [0, 0.05) is 5.56 Å². The second kappa shape index (κ2) is 4.45. The van der Waals surface area contributed by atoms with Crippen molar-refractivity contribution in [3.8, 4) is 11.8 Å². The first-order valence-corrected chi connectivity index (χ1v) is 8.33. The quantitative estimate of drug-likeness (QED) is 0.544. The average Bonchev–Trinajstić information content (AvgIpc) is 2.14. The lowest BCUT2D eigenvalue weighted by atomic mass is 10.2. The fraction of sp³-hybridized carbons (Fsp3) is 0.333. The van der Waals surface area contributed by atoms with Crippen molar-refractivity contribution in [2.45, 2.75) is 19.6 Å². The fourth-order valence-electron chi connectivity index (χ4n) is 1.22. The van der Waals surface area contributed by atoms with E-state index >= 15 is 0 Å². The Hall–Kier alpha value is -1.04. The Morgan fingerprint density at radius 2 is 2.00 bits per heavy atom. The second-order valence-corrected chi connectivity index (χ2v) is 9.41. The smallest absolute Gasteiger partial charge is 0.0776 e. The third-order valence-corrected chi connectivity index (χ3v) is 4.11. The fourth-order valence-corrected chi connectivity index (χ4v) is 2.40. The van der Waals surface area contributed by atoms with Crippen LogP contribution in [0.2, 0.25) is 19.6 Å². The van der Waals surface area contributed by atoms with Crippen molar-refractivity contribution in [2.24, 2.45) is 5.73 Å². The molecule has 0 aliphatic rings. The van der Waals surface area contributed by atoms with Gasteiger partial charge in [-0.3, -0.25) is 0 Å². The van der Waals surface area contributed by atoms with Crippen LogP contribution in [-0.2, 0) is 0 Å². The molecule has 1 aromatic carbocycles. The van der Waals surface area contributed by atoms with Crippen LogP contribution >= 0.6 is 0 Å². The molecule has 0 atom stereocenters. The summed E-state index contributed by atoms with van der Waals surface area (Å²) in [6.07, 6.45) is 0. The number of hydrogen-bond donors (Lipinski definition) is 1. The molecule has 0 spiro atoms. The molecule has 2 heteroatoms. The van der Waals surface area contributed by atoms with E-state index in [9.17, 15) is 0 Å². The van der Waals surface area contributed by atoms with E-state index in [-0.39, 0.29) is 0 Å². The largest absolute Gasteiger partial charge is 0.320 e. The first-order chi connectivity index (χ1) is 6.54. The van der Waals surface area contributed by atoms with Crippen LogP contribution in [0.5, 0.6) is 0 Å². The molecule has 74 valence electrons. The van der Waals surface area contributed by atoms with Gasteiger partial charge < -0.3 is 5.73 Å². The molecule has 0 saturated carbocycles. The van der Waals surface area contributed by atoms with Gasteiger partial charge >= 0.3 is 0 Å². The van der Waals surface area contributed by atoms with Gasteiger partial charge in [0.05, 0.1) is 14.6 Å². The van der Waals surface area contributed by atoms with Gasteiger partial charge in [0.15, 0.2) is 0 Å². The molecule has 1 aromatic rings. The van der Waals surface area contributed by atoms with Gasteiger partial charge in [0.2, 0.25) is 0 Å². The summed E-state index contributed by atoms with van der Waals surface area (Å²) >= 11 is 0. The highest BCUT2D eigenvalue weighted by atomic mass is 28.3. The summed E-state index contributed by atoms with van der Waals surface area (Å²) in [6.45, 7) is 7.44. The van der Waals surface area contributed by atoms with Gasteiger partial charge in [0.1, 0.15) is 0 Å². The van der Waals surface area contributed by atoms with Gasteiger partial charge in [-0.05, 0) is 12.1 Å². The van der Waals surface area contributed by atoms with Crippen molar-refractivity contribution >= 4 is 13.3 Å². The maximum absolute atomic E-state index is 5.34. The van der Waals surface area contributed by atoms with E-state index in [1.165, 1.54) is 5.19 Å². The number of benzene rings is 1. The minimum atomic E-state index is -1.20. The van der Waals surface area contributed by atoms with Gasteiger partial charge in [-0.25, -0.2) is 0 Å². The van der Waals surface area contributed by atoms with Crippen molar-refractivity contribution in [1.29, 1.82) is 0 Å². The van der Waals surface area contributed by atoms with Crippen LogP contribution in [0.1, 0.15) is 5.56 Å². The van der Waals surface area contributed by atoms with E-state index in [1.54, 1.807) is 0 Å². The van der Waals surface area contributed by atoms with Gasteiger partial charge in [-0.2, -0.15) is 0 Å². The predicted octanol–water partition coefficient (Wildman–Crippen LogP) is 1.54. The summed E-state index contributed by atoms with van der Waals surface area (Å²) < 4.78 is 0. The Kier molecular flexibility index (Phi) is 3.51. The van der Waals surface area contributed by atoms with Gasteiger partial charge in [-0.1, -0.05) is 48.8 Å². The second-order valence-electron chi connectivity index (χ2n) is 4.34. The Morgan fingerprint density at radius 3 is 2.57 bits per heavy atom. The summed E-state index contributed by atoms with van der Waals surface area (Å²) in [5, 5.41) is 1.45. The number of nitrogens with two attached hydrogens (primary N) is 1. The molecule has 0 fully saturated rings. The zero-order valence-electron chi connectivity index (χ0n) is 9.09. The van der Waals surface area contributed by atoms with Crippen LogP contribution in [0, 0.1) is 11.8 Å². The number of rotatable bonds is 1. The van der Waals surface area contributed by atoms with E-state index in [0.717, 1.165) is 5.56 Å². The molecule has 1 nitrogen and oxygen atoms in total. The molecule has 0 saturated heterocycles. The molecule has 0 aliphatic heterocycles. The zero-order valence-corrected chi connectivity index (χ0v) is 10.1. The van der Waals surface area contributed by atoms with E-state index < -0.39 is 8.07 Å². The van der Waals surface area contributed by atoms with Crippen molar-refractivity contribution in [3.63, 3.8) is 0 Å². The van der Waals surface area contributed by atoms with E-state index in [1.807, 2.05) is 6.07 Å². The SMILES string of the molecule is C[Si](C)(C)c1cccc(C#CCN)c1. The van der Waals surface area contributed by atoms with Crippen molar-refractivity contribution in [3.05, 3.63) is 29.8 Å². The van der Waals surface area contributed by atoms with Crippen LogP contribution in [0.4, 0.5) is 0 Å². The summed E-state index contributed by atoms with van der Waals surface area (Å²) in [4.78, 5) is 0. The lowest BCUT2D eigenvalue weighted by Gasteiger charge is -2.16. The predicted molar refractivity (Wildman–Crippen MR) is 65.4 cm³/mol. The van der Waals surface area contributed by atoms with E-state index in [2.05, 4.69) is 49.7 Å². The molecule has 14 heavy (non-hydrogen) atoms. The van der Waals surface area contributed by atoms with E-state index in [4.69, 9.17) is 5.73 Å². The Morgan fingerprint density at radius 1 is 1.29 bits per heavy atom. The highest BCUT2D eigenvalue weighted by molar-refractivity contribution is 6.88. The van der Waals surface area contributed by atoms with Crippen LogP contribution in [-0.4, -0.2) is 14.6 Å². The maximum Gasteiger partial charge on any atom is 0.0776 e. The summed E-state index contributed by atoms with van der Waals surface area (Å²) in [6, 6.07) is 8.50. The molecule has 0 heterocycles. The minimum absolute atomic E-state index is 0.428. The molecular formula is C12H17NSi. The third-order valence-electron chi connectivity index (χ3n) is 2.06. The first-order valence-electron chi connectivity index (χ1n) is 4.83. The van der Waals surface area contributed by atoms with Crippen LogP contribution in [0.3, 0.4) is 0 Å². The Balaban J connectivity index is 3.02. The topological polar surface area (TPSA) is 26.0 Å². The molecule has 1 rings (SSSR count). The van der Waals surface area contributed by atoms with Crippen molar-refractivity contribution < 1.29 is 0 Å². The summed E-state index contributed by atoms with van der Waals surface area (Å²) in [5.41, 5.74) is 6.41. The summed E-state index contributed by atoms with van der Waals surface area (Å²) in [5.74, 6) is 5.94. The third kappa shape index (κ3) is 3.02. The normalized spacial score (nSPS) is 10.6. The lowest BCUT2D eigenvalue weighted by Crippen LogP contribution is -2.37.